The van der Waals surface area contributed by atoms with E-state index in [4.69, 9.17) is 9.15 Å². The van der Waals surface area contributed by atoms with Crippen molar-refractivity contribution in [2.24, 2.45) is 0 Å². The molecule has 0 saturated carbocycles. The quantitative estimate of drug-likeness (QED) is 0.719. The van der Waals surface area contributed by atoms with Gasteiger partial charge in [0.1, 0.15) is 6.61 Å². The molecule has 0 fully saturated rings. The van der Waals surface area contributed by atoms with E-state index in [1.807, 2.05) is 53.7 Å². The van der Waals surface area contributed by atoms with Crippen molar-refractivity contribution >= 4 is 5.97 Å². The molecule has 0 saturated heterocycles. The Bertz CT molecular complexity index is 493. The van der Waals surface area contributed by atoms with Gasteiger partial charge in [-0.2, -0.15) is 0 Å². The van der Waals surface area contributed by atoms with Gasteiger partial charge in [-0.15, -0.1) is 0 Å². The van der Waals surface area contributed by atoms with E-state index in [-0.39, 0.29) is 12.4 Å². The summed E-state index contributed by atoms with van der Waals surface area (Å²) in [5, 5.41) is 0. The molecule has 1 aromatic heterocycles. The van der Waals surface area contributed by atoms with E-state index in [0.29, 0.717) is 0 Å². The van der Waals surface area contributed by atoms with Crippen molar-refractivity contribution in [1.29, 1.82) is 0 Å². The Morgan fingerprint density at radius 2 is 1.62 bits per heavy atom. The third kappa shape index (κ3) is 6.80. The van der Waals surface area contributed by atoms with Crippen LogP contribution in [0.5, 0.6) is 0 Å². The zero-order chi connectivity index (χ0) is 16.3. The Labute approximate surface area is 127 Å². The number of ether oxygens (including phenoxy) is 1. The molecule has 0 aliphatic heterocycles. The van der Waals surface area contributed by atoms with Gasteiger partial charge in [0.05, 0.1) is 6.26 Å². The highest BCUT2D eigenvalue weighted by atomic mass is 16.5. The van der Waals surface area contributed by atoms with Gasteiger partial charge in [0.15, 0.2) is 0 Å². The van der Waals surface area contributed by atoms with Gasteiger partial charge in [0, 0.05) is 0 Å². The fourth-order valence-electron chi connectivity index (χ4n) is 1.77. The largest absolute Gasteiger partial charge is 0.457 e. The van der Waals surface area contributed by atoms with Crippen molar-refractivity contribution in [2.75, 3.05) is 0 Å². The molecule has 3 heteroatoms. The standard InChI is InChI=1S/C14H14O3.2C2H6/c1-10-6-11(2)8-12(7-10)9-17-14(15)13-4-3-5-16-13;2*1-2/h3-8H,9H2,1-2H3;2*1-2H3. The van der Waals surface area contributed by atoms with Crippen LogP contribution < -0.4 is 0 Å². The van der Waals surface area contributed by atoms with Gasteiger partial charge in [-0.05, 0) is 31.5 Å². The number of hydrogen-bond acceptors (Lipinski definition) is 3. The molecule has 0 unspecified atom stereocenters. The number of aryl methyl sites for hydroxylation is 2. The maximum absolute atomic E-state index is 11.5. The minimum absolute atomic E-state index is 0.231. The summed E-state index contributed by atoms with van der Waals surface area (Å²) >= 11 is 0. The second kappa shape index (κ2) is 10.7. The van der Waals surface area contributed by atoms with Gasteiger partial charge in [-0.3, -0.25) is 0 Å². The van der Waals surface area contributed by atoms with E-state index < -0.39 is 5.97 Å². The van der Waals surface area contributed by atoms with E-state index in [0.717, 1.165) is 16.7 Å². The van der Waals surface area contributed by atoms with Crippen LogP contribution in [-0.4, -0.2) is 5.97 Å². The normalized spacial score (nSPS) is 8.86. The molecule has 2 rings (SSSR count). The highest BCUT2D eigenvalue weighted by molar-refractivity contribution is 5.86. The van der Waals surface area contributed by atoms with Crippen molar-refractivity contribution in [3.63, 3.8) is 0 Å². The van der Waals surface area contributed by atoms with Crippen LogP contribution in [0, 0.1) is 13.8 Å². The predicted octanol–water partition coefficient (Wildman–Crippen LogP) is 5.31. The van der Waals surface area contributed by atoms with Crippen molar-refractivity contribution in [2.45, 2.75) is 48.1 Å². The summed E-state index contributed by atoms with van der Waals surface area (Å²) < 4.78 is 10.1. The van der Waals surface area contributed by atoms with Crippen LogP contribution in [0.25, 0.3) is 0 Å². The second-order valence-electron chi connectivity index (χ2n) is 4.05. The molecule has 0 aliphatic rings. The number of carbonyl (C=O) groups is 1. The lowest BCUT2D eigenvalue weighted by Crippen LogP contribution is -2.04. The van der Waals surface area contributed by atoms with Gasteiger partial charge >= 0.3 is 5.97 Å². The summed E-state index contributed by atoms with van der Waals surface area (Å²) in [6.07, 6.45) is 1.45. The van der Waals surface area contributed by atoms with Crippen molar-refractivity contribution in [1.82, 2.24) is 0 Å². The minimum atomic E-state index is -0.436. The number of rotatable bonds is 3. The highest BCUT2D eigenvalue weighted by Gasteiger charge is 2.09. The molecule has 2 aromatic rings. The lowest BCUT2D eigenvalue weighted by Gasteiger charge is -2.05. The average molecular weight is 290 g/mol. The van der Waals surface area contributed by atoms with Crippen LogP contribution >= 0.6 is 0 Å². The SMILES string of the molecule is CC.CC.Cc1cc(C)cc(COC(=O)c2ccco2)c1. The van der Waals surface area contributed by atoms with Crippen LogP contribution in [0.4, 0.5) is 0 Å². The Balaban J connectivity index is 0.000000921. The summed E-state index contributed by atoms with van der Waals surface area (Å²) in [6.45, 7) is 12.3. The molecule has 21 heavy (non-hydrogen) atoms. The molecule has 0 N–H and O–H groups in total. The molecule has 0 bridgehead atoms. The summed E-state index contributed by atoms with van der Waals surface area (Å²) in [7, 11) is 0. The summed E-state index contributed by atoms with van der Waals surface area (Å²) in [5.74, 6) is -0.205. The van der Waals surface area contributed by atoms with E-state index in [2.05, 4.69) is 6.07 Å². The maximum Gasteiger partial charge on any atom is 0.374 e. The molecule has 3 nitrogen and oxygen atoms in total. The predicted molar refractivity (Wildman–Crippen MR) is 86.4 cm³/mol. The zero-order valence-corrected chi connectivity index (χ0v) is 13.9. The third-order valence-corrected chi connectivity index (χ3v) is 2.37. The molecule has 0 spiro atoms. The molecule has 0 amide bonds. The first-order chi connectivity index (χ1) is 10.1. The Morgan fingerprint density at radius 3 is 2.10 bits per heavy atom. The second-order valence-corrected chi connectivity index (χ2v) is 4.05. The Kier molecular flexibility index (Phi) is 9.69. The zero-order valence-electron chi connectivity index (χ0n) is 13.9. The van der Waals surface area contributed by atoms with Gasteiger partial charge in [0.2, 0.25) is 5.76 Å². The number of benzene rings is 1. The van der Waals surface area contributed by atoms with Crippen LogP contribution in [0.1, 0.15) is 54.9 Å². The van der Waals surface area contributed by atoms with E-state index in [1.54, 1.807) is 12.1 Å². The first-order valence-electron chi connectivity index (χ1n) is 7.43. The van der Waals surface area contributed by atoms with Gasteiger partial charge in [-0.25, -0.2) is 4.79 Å². The van der Waals surface area contributed by atoms with Crippen molar-refractivity contribution < 1.29 is 13.9 Å². The number of esters is 1. The molecule has 116 valence electrons. The lowest BCUT2D eigenvalue weighted by molar-refractivity contribution is 0.0436. The van der Waals surface area contributed by atoms with E-state index in [9.17, 15) is 4.79 Å². The molecular weight excluding hydrogens is 264 g/mol. The molecule has 0 radical (unpaired) electrons. The monoisotopic (exact) mass is 290 g/mol. The molecular formula is C18H26O3. The summed E-state index contributed by atoms with van der Waals surface area (Å²) in [5.41, 5.74) is 3.31. The van der Waals surface area contributed by atoms with Crippen molar-refractivity contribution in [3.05, 3.63) is 59.0 Å². The molecule has 0 aliphatic carbocycles. The van der Waals surface area contributed by atoms with E-state index in [1.165, 1.54) is 6.26 Å². The lowest BCUT2D eigenvalue weighted by atomic mass is 10.1. The maximum atomic E-state index is 11.5. The van der Waals surface area contributed by atoms with Gasteiger partial charge < -0.3 is 9.15 Å². The van der Waals surface area contributed by atoms with Crippen LogP contribution in [0.15, 0.2) is 41.0 Å². The summed E-state index contributed by atoms with van der Waals surface area (Å²) in [6, 6.07) is 9.33. The first-order valence-corrected chi connectivity index (χ1v) is 7.43. The Morgan fingerprint density at radius 1 is 1.05 bits per heavy atom. The number of furan rings is 1. The molecule has 0 atom stereocenters. The fourth-order valence-corrected chi connectivity index (χ4v) is 1.77. The topological polar surface area (TPSA) is 39.4 Å². The van der Waals surface area contributed by atoms with E-state index >= 15 is 0 Å². The van der Waals surface area contributed by atoms with Crippen LogP contribution in [0.3, 0.4) is 0 Å². The number of hydrogen-bond donors (Lipinski definition) is 0. The smallest absolute Gasteiger partial charge is 0.374 e. The highest BCUT2D eigenvalue weighted by Crippen LogP contribution is 2.11. The molecule has 1 heterocycles. The molecule has 1 aromatic carbocycles. The third-order valence-electron chi connectivity index (χ3n) is 2.37. The van der Waals surface area contributed by atoms with Crippen molar-refractivity contribution in [3.8, 4) is 0 Å². The minimum Gasteiger partial charge on any atom is -0.457 e. The fraction of sp³-hybridized carbons (Fsp3) is 0.389. The number of carbonyl (C=O) groups excluding carboxylic acids is 1. The van der Waals surface area contributed by atoms with Crippen LogP contribution in [-0.2, 0) is 11.3 Å². The average Bonchev–Trinajstić information content (AvgIpc) is 3.02. The van der Waals surface area contributed by atoms with Crippen LogP contribution in [0.2, 0.25) is 0 Å². The first kappa shape index (κ1) is 19.0. The summed E-state index contributed by atoms with van der Waals surface area (Å²) in [4.78, 5) is 11.5. The Hall–Kier alpha value is -2.03. The van der Waals surface area contributed by atoms with Gasteiger partial charge in [-0.1, -0.05) is 57.0 Å². The van der Waals surface area contributed by atoms with Gasteiger partial charge in [0.25, 0.3) is 0 Å².